The van der Waals surface area contributed by atoms with E-state index in [2.05, 4.69) is 62.4 Å². The minimum Gasteiger partial charge on any atom is -0.377 e. The average molecular weight is 276 g/mol. The zero-order valence-electron chi connectivity index (χ0n) is 13.2. The summed E-state index contributed by atoms with van der Waals surface area (Å²) in [5.74, 6) is 0. The summed E-state index contributed by atoms with van der Waals surface area (Å²) in [4.78, 5) is 2.44. The van der Waals surface area contributed by atoms with Crippen molar-refractivity contribution in [1.29, 1.82) is 0 Å². The Bertz CT molecular complexity index is 419. The molecule has 0 radical (unpaired) electrons. The van der Waals surface area contributed by atoms with Crippen LogP contribution in [0.4, 0.5) is 0 Å². The lowest BCUT2D eigenvalue weighted by atomic mass is 9.83. The van der Waals surface area contributed by atoms with Gasteiger partial charge in [-0.3, -0.25) is 4.90 Å². The molecule has 0 bridgehead atoms. The molecule has 20 heavy (non-hydrogen) atoms. The molecule has 3 heteroatoms. The first-order valence-electron chi connectivity index (χ1n) is 7.70. The van der Waals surface area contributed by atoms with Crippen molar-refractivity contribution in [2.45, 2.75) is 44.9 Å². The SMILES string of the molecule is CNC1c2ccccc2CCC1N(C)CCOC(C)C. The first-order chi connectivity index (χ1) is 9.63. The highest BCUT2D eigenvalue weighted by atomic mass is 16.5. The molecule has 0 saturated carbocycles. The van der Waals surface area contributed by atoms with E-state index in [0.29, 0.717) is 18.2 Å². The third-order valence-corrected chi connectivity index (χ3v) is 4.26. The molecule has 0 saturated heterocycles. The lowest BCUT2D eigenvalue weighted by Crippen LogP contribution is -2.45. The maximum Gasteiger partial charge on any atom is 0.0596 e. The summed E-state index contributed by atoms with van der Waals surface area (Å²) < 4.78 is 5.68. The number of hydrogen-bond acceptors (Lipinski definition) is 3. The van der Waals surface area contributed by atoms with Gasteiger partial charge in [0.25, 0.3) is 0 Å². The van der Waals surface area contributed by atoms with E-state index in [1.54, 1.807) is 0 Å². The summed E-state index contributed by atoms with van der Waals surface area (Å²) >= 11 is 0. The number of hydrogen-bond donors (Lipinski definition) is 1. The fourth-order valence-corrected chi connectivity index (χ4v) is 3.16. The number of nitrogens with zero attached hydrogens (tertiary/aromatic N) is 1. The van der Waals surface area contributed by atoms with Crippen LogP contribution in [0.2, 0.25) is 0 Å². The minimum atomic E-state index is 0.315. The van der Waals surface area contributed by atoms with E-state index >= 15 is 0 Å². The van der Waals surface area contributed by atoms with Crippen molar-refractivity contribution < 1.29 is 4.74 Å². The van der Waals surface area contributed by atoms with Gasteiger partial charge in [-0.05, 0) is 51.9 Å². The van der Waals surface area contributed by atoms with Gasteiger partial charge < -0.3 is 10.1 Å². The Morgan fingerprint density at radius 1 is 1.35 bits per heavy atom. The number of rotatable bonds is 6. The fourth-order valence-electron chi connectivity index (χ4n) is 3.16. The average Bonchev–Trinajstić information content (AvgIpc) is 2.45. The van der Waals surface area contributed by atoms with E-state index in [0.717, 1.165) is 13.2 Å². The van der Waals surface area contributed by atoms with Gasteiger partial charge in [-0.15, -0.1) is 0 Å². The maximum atomic E-state index is 5.68. The van der Waals surface area contributed by atoms with Crippen molar-refractivity contribution in [3.05, 3.63) is 35.4 Å². The lowest BCUT2D eigenvalue weighted by molar-refractivity contribution is 0.0493. The van der Waals surface area contributed by atoms with Gasteiger partial charge in [0.2, 0.25) is 0 Å². The van der Waals surface area contributed by atoms with E-state index in [1.165, 1.54) is 24.0 Å². The van der Waals surface area contributed by atoms with Crippen LogP contribution >= 0.6 is 0 Å². The van der Waals surface area contributed by atoms with Crippen LogP contribution in [-0.4, -0.2) is 44.3 Å². The van der Waals surface area contributed by atoms with Crippen LogP contribution in [0.1, 0.15) is 37.4 Å². The molecule has 1 aliphatic rings. The summed E-state index contributed by atoms with van der Waals surface area (Å²) in [7, 11) is 4.28. The number of likely N-dealkylation sites (N-methyl/N-ethyl adjacent to an activating group) is 2. The number of nitrogens with one attached hydrogen (secondary N) is 1. The van der Waals surface area contributed by atoms with Crippen LogP contribution in [0.5, 0.6) is 0 Å². The number of benzene rings is 1. The molecule has 1 aliphatic carbocycles. The number of aryl methyl sites for hydroxylation is 1. The highest BCUT2D eigenvalue weighted by molar-refractivity contribution is 5.33. The Kier molecular flexibility index (Phi) is 5.58. The predicted molar refractivity (Wildman–Crippen MR) is 84.1 cm³/mol. The number of ether oxygens (including phenoxy) is 1. The molecule has 0 heterocycles. The lowest BCUT2D eigenvalue weighted by Gasteiger charge is -2.39. The Balaban J connectivity index is 2.02. The van der Waals surface area contributed by atoms with E-state index in [1.807, 2.05) is 0 Å². The zero-order chi connectivity index (χ0) is 14.5. The fraction of sp³-hybridized carbons (Fsp3) is 0.647. The quantitative estimate of drug-likeness (QED) is 0.864. The molecule has 2 atom stereocenters. The maximum absolute atomic E-state index is 5.68. The summed E-state index contributed by atoms with van der Waals surface area (Å²) in [6.45, 7) is 5.98. The predicted octanol–water partition coefficient (Wildman–Crippen LogP) is 2.62. The molecule has 1 aromatic carbocycles. The molecule has 0 fully saturated rings. The van der Waals surface area contributed by atoms with Gasteiger partial charge >= 0.3 is 0 Å². The van der Waals surface area contributed by atoms with Crippen molar-refractivity contribution in [3.63, 3.8) is 0 Å². The molecule has 0 spiro atoms. The second kappa shape index (κ2) is 7.21. The smallest absolute Gasteiger partial charge is 0.0596 e. The standard InChI is InChI=1S/C17H28N2O/c1-13(2)20-12-11-19(4)16-10-9-14-7-5-6-8-15(14)17(16)18-3/h5-8,13,16-18H,9-12H2,1-4H3. The highest BCUT2D eigenvalue weighted by Crippen LogP contribution is 2.32. The molecule has 1 N–H and O–H groups in total. The van der Waals surface area contributed by atoms with Gasteiger partial charge in [0.05, 0.1) is 12.7 Å². The first kappa shape index (κ1) is 15.5. The Hall–Kier alpha value is -0.900. The van der Waals surface area contributed by atoms with Crippen molar-refractivity contribution in [3.8, 4) is 0 Å². The summed E-state index contributed by atoms with van der Waals surface area (Å²) in [6, 6.07) is 9.79. The Morgan fingerprint density at radius 2 is 2.10 bits per heavy atom. The second-order valence-electron chi connectivity index (χ2n) is 5.97. The molecular formula is C17H28N2O. The monoisotopic (exact) mass is 276 g/mol. The molecule has 2 rings (SSSR count). The number of fused-ring (bicyclic) bond motifs is 1. The van der Waals surface area contributed by atoms with Crippen LogP contribution in [-0.2, 0) is 11.2 Å². The Morgan fingerprint density at radius 3 is 2.80 bits per heavy atom. The second-order valence-corrected chi connectivity index (χ2v) is 5.97. The van der Waals surface area contributed by atoms with Crippen molar-refractivity contribution in [2.24, 2.45) is 0 Å². The van der Waals surface area contributed by atoms with Crippen LogP contribution in [0.3, 0.4) is 0 Å². The summed E-state index contributed by atoms with van der Waals surface area (Å²) in [6.07, 6.45) is 2.70. The largest absolute Gasteiger partial charge is 0.377 e. The van der Waals surface area contributed by atoms with Crippen LogP contribution in [0, 0.1) is 0 Å². The van der Waals surface area contributed by atoms with Gasteiger partial charge in [0, 0.05) is 18.6 Å². The van der Waals surface area contributed by atoms with Crippen molar-refractivity contribution >= 4 is 0 Å². The zero-order valence-corrected chi connectivity index (χ0v) is 13.2. The van der Waals surface area contributed by atoms with Crippen molar-refractivity contribution in [1.82, 2.24) is 10.2 Å². The summed E-state index contributed by atoms with van der Waals surface area (Å²) in [5, 5.41) is 3.51. The highest BCUT2D eigenvalue weighted by Gasteiger charge is 2.30. The Labute approximate surface area is 123 Å². The molecule has 2 unspecified atom stereocenters. The van der Waals surface area contributed by atoms with Gasteiger partial charge in [-0.2, -0.15) is 0 Å². The van der Waals surface area contributed by atoms with E-state index in [9.17, 15) is 0 Å². The molecular weight excluding hydrogens is 248 g/mol. The third kappa shape index (κ3) is 3.60. The van der Waals surface area contributed by atoms with Gasteiger partial charge in [0.15, 0.2) is 0 Å². The molecule has 0 aliphatic heterocycles. The van der Waals surface area contributed by atoms with Crippen LogP contribution in [0.15, 0.2) is 24.3 Å². The van der Waals surface area contributed by atoms with Gasteiger partial charge in [-0.1, -0.05) is 24.3 Å². The first-order valence-corrected chi connectivity index (χ1v) is 7.70. The van der Waals surface area contributed by atoms with Crippen LogP contribution in [0.25, 0.3) is 0 Å². The molecule has 112 valence electrons. The normalized spacial score (nSPS) is 22.3. The molecule has 3 nitrogen and oxygen atoms in total. The van der Waals surface area contributed by atoms with Crippen molar-refractivity contribution in [2.75, 3.05) is 27.2 Å². The molecule has 0 amide bonds. The van der Waals surface area contributed by atoms with E-state index in [-0.39, 0.29) is 0 Å². The third-order valence-electron chi connectivity index (χ3n) is 4.26. The topological polar surface area (TPSA) is 24.5 Å². The summed E-state index contributed by atoms with van der Waals surface area (Å²) in [5.41, 5.74) is 2.96. The van der Waals surface area contributed by atoms with E-state index in [4.69, 9.17) is 4.74 Å². The minimum absolute atomic E-state index is 0.315. The van der Waals surface area contributed by atoms with Gasteiger partial charge in [0.1, 0.15) is 0 Å². The van der Waals surface area contributed by atoms with Crippen LogP contribution < -0.4 is 5.32 Å². The van der Waals surface area contributed by atoms with Gasteiger partial charge in [-0.25, -0.2) is 0 Å². The molecule has 0 aromatic heterocycles. The van der Waals surface area contributed by atoms with E-state index < -0.39 is 0 Å². The molecule has 1 aromatic rings.